The first kappa shape index (κ1) is 13.1. The number of hydrogen-bond donors (Lipinski definition) is 2. The van der Waals surface area contributed by atoms with Gasteiger partial charge in [0.15, 0.2) is 0 Å². The molecule has 0 bridgehead atoms. The molecule has 0 radical (unpaired) electrons. The lowest BCUT2D eigenvalue weighted by Crippen LogP contribution is -2.09. The summed E-state index contributed by atoms with van der Waals surface area (Å²) < 4.78 is 14.3. The van der Waals surface area contributed by atoms with Gasteiger partial charge in [-0.25, -0.2) is 4.39 Å². The molecule has 0 atom stereocenters. The van der Waals surface area contributed by atoms with Crippen molar-refractivity contribution >= 4 is 39.2 Å². The first-order chi connectivity index (χ1) is 9.19. The van der Waals surface area contributed by atoms with Crippen LogP contribution in [0, 0.1) is 9.39 Å². The second-order valence-electron chi connectivity index (χ2n) is 5.00. The minimum absolute atomic E-state index is 0.260. The SMILES string of the molecule is NNc1cc(C2CCCC2)nc2c(I)cc(F)cc12. The van der Waals surface area contributed by atoms with Crippen molar-refractivity contribution in [1.82, 2.24) is 4.98 Å². The predicted molar refractivity (Wildman–Crippen MR) is 83.4 cm³/mol. The van der Waals surface area contributed by atoms with E-state index in [4.69, 9.17) is 10.8 Å². The fraction of sp³-hybridized carbons (Fsp3) is 0.357. The largest absolute Gasteiger partial charge is 0.323 e. The highest BCUT2D eigenvalue weighted by molar-refractivity contribution is 14.1. The number of halogens is 2. The Morgan fingerprint density at radius 2 is 2.00 bits per heavy atom. The molecule has 5 heteroatoms. The first-order valence-corrected chi connectivity index (χ1v) is 7.53. The molecule has 3 N–H and O–H groups in total. The molecule has 1 aliphatic carbocycles. The normalized spacial score (nSPS) is 16.2. The molecular weight excluding hydrogens is 356 g/mol. The Balaban J connectivity index is 2.21. The van der Waals surface area contributed by atoms with Crippen LogP contribution in [-0.4, -0.2) is 4.98 Å². The highest BCUT2D eigenvalue weighted by Crippen LogP contribution is 2.36. The van der Waals surface area contributed by atoms with Gasteiger partial charge in [0.05, 0.1) is 11.2 Å². The zero-order chi connectivity index (χ0) is 13.4. The van der Waals surface area contributed by atoms with Crippen molar-refractivity contribution in [3.05, 3.63) is 33.3 Å². The van der Waals surface area contributed by atoms with E-state index in [2.05, 4.69) is 28.0 Å². The lowest BCUT2D eigenvalue weighted by molar-refractivity contribution is 0.628. The Morgan fingerprint density at radius 1 is 1.26 bits per heavy atom. The molecule has 1 aromatic heterocycles. The number of fused-ring (bicyclic) bond motifs is 1. The summed E-state index contributed by atoms with van der Waals surface area (Å²) in [5.74, 6) is 5.83. The fourth-order valence-corrected chi connectivity index (χ4v) is 3.53. The van der Waals surface area contributed by atoms with E-state index in [1.165, 1.54) is 37.8 Å². The zero-order valence-corrected chi connectivity index (χ0v) is 12.6. The maximum absolute atomic E-state index is 13.5. The smallest absolute Gasteiger partial charge is 0.125 e. The van der Waals surface area contributed by atoms with E-state index in [0.717, 1.165) is 25.9 Å². The van der Waals surface area contributed by atoms with Crippen LogP contribution in [0.2, 0.25) is 0 Å². The molecule has 2 aromatic rings. The van der Waals surface area contributed by atoms with Gasteiger partial charge in [-0.3, -0.25) is 10.8 Å². The Kier molecular flexibility index (Phi) is 3.58. The Morgan fingerprint density at radius 3 is 2.68 bits per heavy atom. The van der Waals surface area contributed by atoms with Crippen molar-refractivity contribution in [2.24, 2.45) is 5.84 Å². The molecule has 19 heavy (non-hydrogen) atoms. The number of benzene rings is 1. The molecule has 0 unspecified atom stereocenters. The molecule has 1 fully saturated rings. The van der Waals surface area contributed by atoms with E-state index in [1.54, 1.807) is 0 Å². The molecular formula is C14H15FIN3. The topological polar surface area (TPSA) is 50.9 Å². The number of hydrogen-bond acceptors (Lipinski definition) is 3. The van der Waals surface area contributed by atoms with Crippen LogP contribution in [0.3, 0.4) is 0 Å². The number of hydrazine groups is 1. The number of aromatic nitrogens is 1. The maximum atomic E-state index is 13.5. The van der Waals surface area contributed by atoms with Crippen molar-refractivity contribution in [3.8, 4) is 0 Å². The number of nitrogens with one attached hydrogen (secondary N) is 1. The van der Waals surface area contributed by atoms with E-state index >= 15 is 0 Å². The summed E-state index contributed by atoms with van der Waals surface area (Å²) in [6.45, 7) is 0. The van der Waals surface area contributed by atoms with Crippen LogP contribution in [0.1, 0.15) is 37.3 Å². The fourth-order valence-electron chi connectivity index (χ4n) is 2.82. The molecule has 0 aliphatic heterocycles. The minimum Gasteiger partial charge on any atom is -0.323 e. The standard InChI is InChI=1S/C14H15FIN3/c15-9-5-10-13(19-17)7-12(8-3-1-2-4-8)18-14(10)11(16)6-9/h5-8H,1-4,17H2,(H,18,19). The minimum atomic E-state index is -0.260. The summed E-state index contributed by atoms with van der Waals surface area (Å²) in [4.78, 5) is 4.74. The van der Waals surface area contributed by atoms with Crippen molar-refractivity contribution in [1.29, 1.82) is 0 Å². The molecule has 0 saturated heterocycles. The number of nitrogens with zero attached hydrogens (tertiary/aromatic N) is 1. The molecule has 1 aliphatic rings. The highest BCUT2D eigenvalue weighted by Gasteiger charge is 2.20. The third-order valence-electron chi connectivity index (χ3n) is 3.78. The van der Waals surface area contributed by atoms with Gasteiger partial charge < -0.3 is 5.43 Å². The van der Waals surface area contributed by atoms with Crippen molar-refractivity contribution in [2.75, 3.05) is 5.43 Å². The lowest BCUT2D eigenvalue weighted by Gasteiger charge is -2.14. The Labute approximate surface area is 124 Å². The second kappa shape index (κ2) is 5.20. The number of nitrogens with two attached hydrogens (primary N) is 1. The summed E-state index contributed by atoms with van der Waals surface area (Å²) in [6, 6.07) is 4.96. The van der Waals surface area contributed by atoms with Crippen LogP contribution in [0.5, 0.6) is 0 Å². The average Bonchev–Trinajstić information content (AvgIpc) is 2.91. The predicted octanol–water partition coefficient (Wildman–Crippen LogP) is 3.92. The lowest BCUT2D eigenvalue weighted by atomic mass is 10.0. The molecule has 3 rings (SSSR count). The number of nitrogen functional groups attached to an aromatic ring is 1. The van der Waals surface area contributed by atoms with E-state index < -0.39 is 0 Å². The zero-order valence-electron chi connectivity index (χ0n) is 10.4. The Hall–Kier alpha value is -0.950. The van der Waals surface area contributed by atoms with Crippen LogP contribution >= 0.6 is 22.6 Å². The van der Waals surface area contributed by atoms with E-state index in [0.29, 0.717) is 5.92 Å². The Bertz CT molecular complexity index is 624. The van der Waals surface area contributed by atoms with Gasteiger partial charge in [-0.1, -0.05) is 12.8 Å². The van der Waals surface area contributed by atoms with Gasteiger partial charge in [0.2, 0.25) is 0 Å². The molecule has 3 nitrogen and oxygen atoms in total. The van der Waals surface area contributed by atoms with Gasteiger partial charge in [0, 0.05) is 20.6 Å². The van der Waals surface area contributed by atoms with Crippen molar-refractivity contribution < 1.29 is 4.39 Å². The molecule has 0 amide bonds. The van der Waals surface area contributed by atoms with E-state index in [-0.39, 0.29) is 5.82 Å². The first-order valence-electron chi connectivity index (χ1n) is 6.45. The number of rotatable bonds is 2. The van der Waals surface area contributed by atoms with Gasteiger partial charge in [0.25, 0.3) is 0 Å². The third kappa shape index (κ3) is 2.41. The number of anilines is 1. The third-order valence-corrected chi connectivity index (χ3v) is 4.60. The molecule has 1 aromatic carbocycles. The van der Waals surface area contributed by atoms with Gasteiger partial charge in [-0.15, -0.1) is 0 Å². The van der Waals surface area contributed by atoms with Gasteiger partial charge in [-0.05, 0) is 53.6 Å². The van der Waals surface area contributed by atoms with E-state index in [1.807, 2.05) is 6.07 Å². The molecule has 100 valence electrons. The molecule has 0 spiro atoms. The maximum Gasteiger partial charge on any atom is 0.125 e. The van der Waals surface area contributed by atoms with E-state index in [9.17, 15) is 4.39 Å². The second-order valence-corrected chi connectivity index (χ2v) is 6.17. The van der Waals surface area contributed by atoms with Crippen LogP contribution < -0.4 is 11.3 Å². The van der Waals surface area contributed by atoms with Gasteiger partial charge in [0.1, 0.15) is 5.82 Å². The summed E-state index contributed by atoms with van der Waals surface area (Å²) >= 11 is 2.13. The quantitative estimate of drug-likeness (QED) is 0.478. The summed E-state index contributed by atoms with van der Waals surface area (Å²) in [5, 5.41) is 0.744. The van der Waals surface area contributed by atoms with Crippen molar-refractivity contribution in [3.63, 3.8) is 0 Å². The molecule has 1 heterocycles. The monoisotopic (exact) mass is 371 g/mol. The van der Waals surface area contributed by atoms with Crippen molar-refractivity contribution in [2.45, 2.75) is 31.6 Å². The van der Waals surface area contributed by atoms with Crippen LogP contribution in [0.25, 0.3) is 10.9 Å². The summed E-state index contributed by atoms with van der Waals surface area (Å²) in [6.07, 6.45) is 4.88. The van der Waals surface area contributed by atoms with Crippen LogP contribution in [0.4, 0.5) is 10.1 Å². The number of pyridine rings is 1. The van der Waals surface area contributed by atoms with Crippen LogP contribution in [0.15, 0.2) is 18.2 Å². The summed E-state index contributed by atoms with van der Waals surface area (Å²) in [5.41, 5.74) is 5.34. The van der Waals surface area contributed by atoms with Crippen LogP contribution in [-0.2, 0) is 0 Å². The van der Waals surface area contributed by atoms with Gasteiger partial charge in [-0.2, -0.15) is 0 Å². The summed E-state index contributed by atoms with van der Waals surface area (Å²) in [7, 11) is 0. The highest BCUT2D eigenvalue weighted by atomic mass is 127. The van der Waals surface area contributed by atoms with Gasteiger partial charge >= 0.3 is 0 Å². The average molecular weight is 371 g/mol. The molecule has 1 saturated carbocycles.